The number of amides is 1. The molecule has 1 aromatic heterocycles. The molecule has 0 aliphatic carbocycles. The van der Waals surface area contributed by atoms with Crippen LogP contribution in [0.4, 0.5) is 10.1 Å². The molecule has 4 nitrogen and oxygen atoms in total. The van der Waals surface area contributed by atoms with Crippen molar-refractivity contribution in [3.63, 3.8) is 0 Å². The lowest BCUT2D eigenvalue weighted by atomic mass is 9.96. The van der Waals surface area contributed by atoms with Gasteiger partial charge < -0.3 is 0 Å². The number of hydrogen-bond acceptors (Lipinski definition) is 2. The van der Waals surface area contributed by atoms with Crippen LogP contribution >= 0.6 is 11.6 Å². The minimum Gasteiger partial charge on any atom is -0.295 e. The van der Waals surface area contributed by atoms with Crippen molar-refractivity contribution in [2.75, 3.05) is 4.90 Å². The Bertz CT molecular complexity index is 1200. The molecule has 4 aromatic rings. The Kier molecular flexibility index (Phi) is 4.18. The zero-order valence-electron chi connectivity index (χ0n) is 15.1. The average molecular weight is 404 g/mol. The molecular weight excluding hydrogens is 389 g/mol. The van der Waals surface area contributed by atoms with Crippen LogP contribution < -0.4 is 4.90 Å². The Morgan fingerprint density at radius 2 is 1.62 bits per heavy atom. The van der Waals surface area contributed by atoms with Crippen LogP contribution in [0.3, 0.4) is 0 Å². The summed E-state index contributed by atoms with van der Waals surface area (Å²) in [5, 5.41) is 7.83. The zero-order valence-corrected chi connectivity index (χ0v) is 15.9. The average Bonchev–Trinajstić information content (AvgIpc) is 3.29. The SMILES string of the molecule is O=C1c2[nH]nc(-c3ccc(F)cc3)c2[C@@H](c2ccccc2Cl)N1c1ccccc1. The number of halogens is 2. The van der Waals surface area contributed by atoms with Crippen molar-refractivity contribution in [1.82, 2.24) is 10.2 Å². The Morgan fingerprint density at radius 3 is 2.34 bits per heavy atom. The number of carbonyl (C=O) groups excluding carboxylic acids is 1. The smallest absolute Gasteiger partial charge is 0.277 e. The molecule has 1 N–H and O–H groups in total. The number of aromatic nitrogens is 2. The highest BCUT2D eigenvalue weighted by Crippen LogP contribution is 2.46. The summed E-state index contributed by atoms with van der Waals surface area (Å²) >= 11 is 6.54. The number of aromatic amines is 1. The molecule has 1 aliphatic rings. The largest absolute Gasteiger partial charge is 0.295 e. The van der Waals surface area contributed by atoms with Crippen molar-refractivity contribution in [3.8, 4) is 11.3 Å². The van der Waals surface area contributed by atoms with Crippen LogP contribution in [0, 0.1) is 5.82 Å². The number of fused-ring (bicyclic) bond motifs is 1. The fourth-order valence-corrected chi connectivity index (χ4v) is 4.06. The maximum atomic E-state index is 13.4. The second-order valence-corrected chi connectivity index (χ2v) is 7.21. The van der Waals surface area contributed by atoms with Gasteiger partial charge in [-0.3, -0.25) is 14.8 Å². The van der Waals surface area contributed by atoms with Gasteiger partial charge in [-0.05, 0) is 48.0 Å². The number of H-pyrrole nitrogens is 1. The van der Waals surface area contributed by atoms with Crippen LogP contribution in [0.25, 0.3) is 11.3 Å². The molecule has 0 spiro atoms. The summed E-state index contributed by atoms with van der Waals surface area (Å²) in [6.45, 7) is 0. The maximum absolute atomic E-state index is 13.4. The van der Waals surface area contributed by atoms with Gasteiger partial charge in [-0.2, -0.15) is 5.10 Å². The molecule has 5 rings (SSSR count). The van der Waals surface area contributed by atoms with E-state index in [9.17, 15) is 9.18 Å². The summed E-state index contributed by atoms with van der Waals surface area (Å²) in [5.74, 6) is -0.512. The van der Waals surface area contributed by atoms with Gasteiger partial charge in [-0.25, -0.2) is 4.39 Å². The second kappa shape index (κ2) is 6.87. The minimum absolute atomic E-state index is 0.183. The van der Waals surface area contributed by atoms with E-state index < -0.39 is 6.04 Å². The first-order valence-corrected chi connectivity index (χ1v) is 9.50. The summed E-state index contributed by atoms with van der Waals surface area (Å²) < 4.78 is 13.4. The number of nitrogens with one attached hydrogen (secondary N) is 1. The molecule has 1 amide bonds. The second-order valence-electron chi connectivity index (χ2n) is 6.80. The summed E-state index contributed by atoms with van der Waals surface area (Å²) in [4.78, 5) is 15.1. The molecule has 3 aromatic carbocycles. The third-order valence-electron chi connectivity index (χ3n) is 5.12. The van der Waals surface area contributed by atoms with Gasteiger partial charge in [0.2, 0.25) is 0 Å². The predicted octanol–water partition coefficient (Wildman–Crippen LogP) is 5.62. The molecule has 142 valence electrons. The molecule has 29 heavy (non-hydrogen) atoms. The molecule has 2 heterocycles. The molecule has 0 fully saturated rings. The van der Waals surface area contributed by atoms with Gasteiger partial charge in [-0.1, -0.05) is 48.0 Å². The number of para-hydroxylation sites is 1. The lowest BCUT2D eigenvalue weighted by Crippen LogP contribution is -2.29. The van der Waals surface area contributed by atoms with Gasteiger partial charge in [0.05, 0.1) is 11.7 Å². The number of carbonyl (C=O) groups is 1. The first-order valence-electron chi connectivity index (χ1n) is 9.12. The topological polar surface area (TPSA) is 49.0 Å². The Balaban J connectivity index is 1.75. The molecule has 1 aliphatic heterocycles. The lowest BCUT2D eigenvalue weighted by molar-refractivity contribution is 0.0989. The molecular formula is C23H15ClFN3O. The van der Waals surface area contributed by atoms with Gasteiger partial charge in [0.25, 0.3) is 5.91 Å². The third-order valence-corrected chi connectivity index (χ3v) is 5.46. The minimum atomic E-state index is -0.451. The fourth-order valence-electron chi connectivity index (χ4n) is 3.82. The number of nitrogens with zero attached hydrogens (tertiary/aromatic N) is 2. The first kappa shape index (κ1) is 17.6. The van der Waals surface area contributed by atoms with Gasteiger partial charge in [-0.15, -0.1) is 0 Å². The quantitative estimate of drug-likeness (QED) is 0.482. The summed E-state index contributed by atoms with van der Waals surface area (Å²) in [6.07, 6.45) is 0. The van der Waals surface area contributed by atoms with E-state index in [1.807, 2.05) is 48.5 Å². The molecule has 0 saturated carbocycles. The normalized spacial score (nSPS) is 15.6. The zero-order chi connectivity index (χ0) is 20.0. The van der Waals surface area contributed by atoms with E-state index >= 15 is 0 Å². The number of hydrogen-bond donors (Lipinski definition) is 1. The Labute approximate surface area is 171 Å². The van der Waals surface area contributed by atoms with E-state index in [1.54, 1.807) is 23.1 Å². The van der Waals surface area contributed by atoms with Crippen LogP contribution in [0.5, 0.6) is 0 Å². The third kappa shape index (κ3) is 2.82. The highest BCUT2D eigenvalue weighted by Gasteiger charge is 2.43. The van der Waals surface area contributed by atoms with Crippen molar-refractivity contribution >= 4 is 23.2 Å². The van der Waals surface area contributed by atoms with E-state index in [0.29, 0.717) is 16.4 Å². The van der Waals surface area contributed by atoms with Gasteiger partial charge in [0.1, 0.15) is 11.5 Å². The molecule has 0 bridgehead atoms. The molecule has 1 atom stereocenters. The standard InChI is InChI=1S/C23H15ClFN3O/c24-18-9-5-4-8-17(18)22-19-20(14-10-12-15(25)13-11-14)26-27-21(19)23(29)28(22)16-6-2-1-3-7-16/h1-13,22H,(H,26,27)/t22-/m1/s1. The van der Waals surface area contributed by atoms with Crippen molar-refractivity contribution in [3.05, 3.63) is 107 Å². The molecule has 0 radical (unpaired) electrons. The van der Waals surface area contributed by atoms with Crippen LogP contribution in [0.15, 0.2) is 78.9 Å². The highest BCUT2D eigenvalue weighted by molar-refractivity contribution is 6.31. The number of benzene rings is 3. The van der Waals surface area contributed by atoms with E-state index in [-0.39, 0.29) is 11.7 Å². The number of rotatable bonds is 3. The van der Waals surface area contributed by atoms with Crippen molar-refractivity contribution in [1.29, 1.82) is 0 Å². The van der Waals surface area contributed by atoms with Crippen molar-refractivity contribution < 1.29 is 9.18 Å². The Hall–Kier alpha value is -3.44. The van der Waals surface area contributed by atoms with Crippen LogP contribution in [0.2, 0.25) is 5.02 Å². The molecule has 6 heteroatoms. The van der Waals surface area contributed by atoms with Gasteiger partial charge in [0.15, 0.2) is 0 Å². The summed E-state index contributed by atoms with van der Waals surface area (Å²) in [5.41, 5.74) is 4.05. The van der Waals surface area contributed by atoms with Gasteiger partial charge in [0, 0.05) is 21.8 Å². The monoisotopic (exact) mass is 403 g/mol. The number of anilines is 1. The van der Waals surface area contributed by atoms with Crippen LogP contribution in [0.1, 0.15) is 27.7 Å². The van der Waals surface area contributed by atoms with Crippen LogP contribution in [-0.4, -0.2) is 16.1 Å². The van der Waals surface area contributed by atoms with E-state index in [2.05, 4.69) is 10.2 Å². The van der Waals surface area contributed by atoms with E-state index in [0.717, 1.165) is 22.4 Å². The van der Waals surface area contributed by atoms with Crippen molar-refractivity contribution in [2.24, 2.45) is 0 Å². The molecule has 0 saturated heterocycles. The highest BCUT2D eigenvalue weighted by atomic mass is 35.5. The van der Waals surface area contributed by atoms with Crippen molar-refractivity contribution in [2.45, 2.75) is 6.04 Å². The summed E-state index contributed by atoms with van der Waals surface area (Å²) in [7, 11) is 0. The Morgan fingerprint density at radius 1 is 0.931 bits per heavy atom. The molecule has 0 unspecified atom stereocenters. The lowest BCUT2D eigenvalue weighted by Gasteiger charge is -2.27. The fraction of sp³-hybridized carbons (Fsp3) is 0.0435. The van der Waals surface area contributed by atoms with E-state index in [1.165, 1.54) is 12.1 Å². The van der Waals surface area contributed by atoms with Crippen LogP contribution in [-0.2, 0) is 0 Å². The first-order chi connectivity index (χ1) is 14.1. The summed E-state index contributed by atoms with van der Waals surface area (Å²) in [6, 6.07) is 22.5. The van der Waals surface area contributed by atoms with Gasteiger partial charge >= 0.3 is 0 Å². The maximum Gasteiger partial charge on any atom is 0.277 e. The van der Waals surface area contributed by atoms with E-state index in [4.69, 9.17) is 11.6 Å². The predicted molar refractivity (Wildman–Crippen MR) is 111 cm³/mol.